The smallest absolute Gasteiger partial charge is 0.339 e. The lowest BCUT2D eigenvalue weighted by atomic mass is 10.0. The lowest BCUT2D eigenvalue weighted by Crippen LogP contribution is -2.29. The molecule has 4 nitrogen and oxygen atoms in total. The molecule has 0 radical (unpaired) electrons. The highest BCUT2D eigenvalue weighted by Crippen LogP contribution is 2.19. The second kappa shape index (κ2) is 7.98. The Balaban J connectivity index is 3.43. The van der Waals surface area contributed by atoms with Crippen molar-refractivity contribution in [2.24, 2.45) is 5.92 Å². The molecule has 0 bridgehead atoms. The molecule has 0 N–H and O–H groups in total. The monoisotopic (exact) mass is 407 g/mol. The fourth-order valence-electron chi connectivity index (χ4n) is 2.10. The highest BCUT2D eigenvalue weighted by molar-refractivity contribution is 9.10. The van der Waals surface area contributed by atoms with Crippen LogP contribution in [0, 0.1) is 5.92 Å². The Kier molecular flexibility index (Phi) is 6.95. The number of hydrogen-bond donors (Lipinski definition) is 0. The van der Waals surface area contributed by atoms with Crippen LogP contribution in [0.2, 0.25) is 0 Å². The first-order chi connectivity index (χ1) is 9.49. The van der Waals surface area contributed by atoms with Crippen LogP contribution in [-0.4, -0.2) is 17.6 Å². The molecular weight excluding hydrogens is 390 g/mol. The summed E-state index contributed by atoms with van der Waals surface area (Å²) in [5.74, 6) is -0.0243. The van der Waals surface area contributed by atoms with Crippen molar-refractivity contribution in [1.82, 2.24) is 4.57 Å². The molecule has 0 fully saturated rings. The Morgan fingerprint density at radius 3 is 2.45 bits per heavy atom. The largest absolute Gasteiger partial charge is 0.465 e. The number of esters is 1. The first kappa shape index (κ1) is 17.4. The van der Waals surface area contributed by atoms with E-state index < -0.39 is 5.97 Å². The number of carbonyl (C=O) groups is 1. The van der Waals surface area contributed by atoms with Gasteiger partial charge in [-0.2, -0.15) is 0 Å². The van der Waals surface area contributed by atoms with Crippen molar-refractivity contribution in [3.05, 3.63) is 32.2 Å². The third-order valence-corrected chi connectivity index (χ3v) is 4.58. The average molecular weight is 409 g/mol. The van der Waals surface area contributed by atoms with Crippen molar-refractivity contribution in [2.45, 2.75) is 38.6 Å². The molecule has 112 valence electrons. The second-order valence-electron chi connectivity index (χ2n) is 4.58. The van der Waals surface area contributed by atoms with Crippen LogP contribution in [0.5, 0.6) is 0 Å². The normalized spacial score (nSPS) is 10.9. The van der Waals surface area contributed by atoms with E-state index in [2.05, 4.69) is 45.7 Å². The van der Waals surface area contributed by atoms with E-state index in [0.29, 0.717) is 33.5 Å². The predicted octanol–water partition coefficient (Wildman–Crippen LogP) is 3.73. The van der Waals surface area contributed by atoms with Gasteiger partial charge < -0.3 is 9.30 Å². The van der Waals surface area contributed by atoms with E-state index in [0.717, 1.165) is 12.8 Å². The van der Waals surface area contributed by atoms with Crippen LogP contribution in [0.4, 0.5) is 0 Å². The highest BCUT2D eigenvalue weighted by Gasteiger charge is 2.20. The molecule has 20 heavy (non-hydrogen) atoms. The lowest BCUT2D eigenvalue weighted by Gasteiger charge is -2.19. The van der Waals surface area contributed by atoms with E-state index in [4.69, 9.17) is 4.74 Å². The topological polar surface area (TPSA) is 48.3 Å². The van der Waals surface area contributed by atoms with E-state index in [1.165, 1.54) is 13.2 Å². The third kappa shape index (κ3) is 3.73. The molecule has 0 aliphatic rings. The number of methoxy groups -OCH3 is 1. The summed E-state index contributed by atoms with van der Waals surface area (Å²) in [6.07, 6.45) is 1.98. The zero-order chi connectivity index (χ0) is 15.3. The number of ether oxygens (including phenoxy) is 1. The van der Waals surface area contributed by atoms with Crippen LogP contribution in [0.3, 0.4) is 0 Å². The Morgan fingerprint density at radius 1 is 1.40 bits per heavy atom. The number of nitrogens with zero attached hydrogens (tertiary/aromatic N) is 1. The number of rotatable bonds is 6. The predicted molar refractivity (Wildman–Crippen MR) is 86.4 cm³/mol. The molecule has 6 heteroatoms. The van der Waals surface area contributed by atoms with E-state index in [1.54, 1.807) is 4.57 Å². The van der Waals surface area contributed by atoms with Gasteiger partial charge in [0.1, 0.15) is 0 Å². The molecule has 0 amide bonds. The van der Waals surface area contributed by atoms with Crippen LogP contribution < -0.4 is 5.56 Å². The van der Waals surface area contributed by atoms with Crippen LogP contribution in [0.1, 0.15) is 42.7 Å². The van der Waals surface area contributed by atoms with Crippen LogP contribution in [0.25, 0.3) is 0 Å². The van der Waals surface area contributed by atoms with Gasteiger partial charge in [0.05, 0.1) is 17.1 Å². The standard InChI is InChI=1S/C14H19Br2NO3/c1-4-9(5-2)8-17-12(7-15)10(14(19)20-3)6-11(16)13(17)18/h6,9H,4-5,7-8H2,1-3H3. The summed E-state index contributed by atoms with van der Waals surface area (Å²) in [4.78, 5) is 24.2. The molecule has 1 aromatic heterocycles. The van der Waals surface area contributed by atoms with Crippen molar-refractivity contribution in [3.63, 3.8) is 0 Å². The molecule has 1 rings (SSSR count). The molecule has 0 atom stereocenters. The maximum atomic E-state index is 12.3. The molecule has 0 unspecified atom stereocenters. The molecule has 0 saturated heterocycles. The molecule has 0 aliphatic carbocycles. The van der Waals surface area contributed by atoms with Gasteiger partial charge >= 0.3 is 5.97 Å². The fraction of sp³-hybridized carbons (Fsp3) is 0.571. The first-order valence-corrected chi connectivity index (χ1v) is 8.47. The molecule has 1 heterocycles. The number of pyridine rings is 1. The minimum atomic E-state index is -0.432. The van der Waals surface area contributed by atoms with E-state index in [9.17, 15) is 9.59 Å². The van der Waals surface area contributed by atoms with Gasteiger partial charge in [0.2, 0.25) is 0 Å². The van der Waals surface area contributed by atoms with Crippen molar-refractivity contribution >= 4 is 37.8 Å². The Labute approximate surface area is 135 Å². The van der Waals surface area contributed by atoms with Gasteiger partial charge in [0.25, 0.3) is 5.56 Å². The summed E-state index contributed by atoms with van der Waals surface area (Å²) >= 11 is 6.60. The summed E-state index contributed by atoms with van der Waals surface area (Å²) in [6, 6.07) is 1.54. The highest BCUT2D eigenvalue weighted by atomic mass is 79.9. The van der Waals surface area contributed by atoms with Crippen LogP contribution in [-0.2, 0) is 16.6 Å². The number of aromatic nitrogens is 1. The lowest BCUT2D eigenvalue weighted by molar-refractivity contribution is 0.0598. The van der Waals surface area contributed by atoms with Crippen LogP contribution in [0.15, 0.2) is 15.3 Å². The number of halogens is 2. The van der Waals surface area contributed by atoms with Gasteiger partial charge in [-0.15, -0.1) is 0 Å². The van der Waals surface area contributed by atoms with Crippen molar-refractivity contribution < 1.29 is 9.53 Å². The third-order valence-electron chi connectivity index (χ3n) is 3.48. The Morgan fingerprint density at radius 2 is 2.00 bits per heavy atom. The SMILES string of the molecule is CCC(CC)Cn1c(CBr)c(C(=O)OC)cc(Br)c1=O. The van der Waals surface area contributed by atoms with Crippen LogP contribution >= 0.6 is 31.9 Å². The van der Waals surface area contributed by atoms with Crippen molar-refractivity contribution in [3.8, 4) is 0 Å². The van der Waals surface area contributed by atoms with Crippen molar-refractivity contribution in [2.75, 3.05) is 7.11 Å². The number of alkyl halides is 1. The number of carbonyl (C=O) groups excluding carboxylic acids is 1. The van der Waals surface area contributed by atoms with E-state index in [-0.39, 0.29) is 5.56 Å². The van der Waals surface area contributed by atoms with Crippen molar-refractivity contribution in [1.29, 1.82) is 0 Å². The Hall–Kier alpha value is -0.620. The van der Waals surface area contributed by atoms with Gasteiger partial charge in [-0.3, -0.25) is 4.79 Å². The molecule has 1 aromatic rings. The maximum Gasteiger partial charge on any atom is 0.339 e. The average Bonchev–Trinajstić information content (AvgIpc) is 2.47. The minimum Gasteiger partial charge on any atom is -0.465 e. The molecule has 0 spiro atoms. The molecule has 0 aliphatic heterocycles. The maximum absolute atomic E-state index is 12.3. The zero-order valence-electron chi connectivity index (χ0n) is 11.9. The van der Waals surface area contributed by atoms with Gasteiger partial charge in [-0.25, -0.2) is 4.79 Å². The Bertz CT molecular complexity index is 536. The summed E-state index contributed by atoms with van der Waals surface area (Å²) < 4.78 is 6.84. The second-order valence-corrected chi connectivity index (χ2v) is 5.99. The summed E-state index contributed by atoms with van der Waals surface area (Å²) in [6.45, 7) is 4.81. The quantitative estimate of drug-likeness (QED) is 0.532. The molecular formula is C14H19Br2NO3. The summed E-state index contributed by atoms with van der Waals surface area (Å²) in [7, 11) is 1.34. The summed E-state index contributed by atoms with van der Waals surface area (Å²) in [5, 5.41) is 0.431. The van der Waals surface area contributed by atoms with Gasteiger partial charge in [-0.05, 0) is 27.9 Å². The summed E-state index contributed by atoms with van der Waals surface area (Å²) in [5.41, 5.74) is 0.970. The zero-order valence-corrected chi connectivity index (χ0v) is 15.1. The van der Waals surface area contributed by atoms with Gasteiger partial charge in [0.15, 0.2) is 0 Å². The van der Waals surface area contributed by atoms with Gasteiger partial charge in [0, 0.05) is 17.6 Å². The minimum absolute atomic E-state index is 0.112. The molecule has 0 saturated carbocycles. The first-order valence-electron chi connectivity index (χ1n) is 6.56. The fourth-order valence-corrected chi connectivity index (χ4v) is 3.15. The van der Waals surface area contributed by atoms with Gasteiger partial charge in [-0.1, -0.05) is 42.6 Å². The number of hydrogen-bond acceptors (Lipinski definition) is 3. The van der Waals surface area contributed by atoms with E-state index >= 15 is 0 Å². The van der Waals surface area contributed by atoms with E-state index in [1.807, 2.05) is 0 Å². The molecule has 0 aromatic carbocycles.